The summed E-state index contributed by atoms with van der Waals surface area (Å²) in [6, 6.07) is 8.53. The highest BCUT2D eigenvalue weighted by Crippen LogP contribution is 2.39. The Morgan fingerprint density at radius 1 is 0.853 bits per heavy atom. The summed E-state index contributed by atoms with van der Waals surface area (Å²) in [5, 5.41) is 18.4. The molecule has 4 aromatic rings. The molecule has 0 radical (unpaired) electrons. The van der Waals surface area contributed by atoms with Crippen LogP contribution in [-0.4, -0.2) is 53.5 Å². The summed E-state index contributed by atoms with van der Waals surface area (Å²) in [5.74, 6) is 1.07. The minimum Gasteiger partial charge on any atom is -0.396 e. The van der Waals surface area contributed by atoms with Crippen LogP contribution in [0.1, 0.15) is 31.7 Å². The Kier molecular flexibility index (Phi) is 5.47. The van der Waals surface area contributed by atoms with Crippen molar-refractivity contribution >= 4 is 0 Å². The molecule has 0 saturated carbocycles. The predicted molar refractivity (Wildman–Crippen MR) is 128 cm³/mol. The molecular formula is C26H28N6O2. The number of benzene rings is 1. The van der Waals surface area contributed by atoms with Gasteiger partial charge in [-0.05, 0) is 43.2 Å². The van der Waals surface area contributed by atoms with Crippen molar-refractivity contribution < 1.29 is 9.84 Å². The van der Waals surface area contributed by atoms with Crippen LogP contribution in [0.4, 0.5) is 0 Å². The molecule has 2 bridgehead atoms. The summed E-state index contributed by atoms with van der Waals surface area (Å²) in [5.41, 5.74) is 5.09. The van der Waals surface area contributed by atoms with Crippen molar-refractivity contribution in [1.29, 1.82) is 0 Å². The van der Waals surface area contributed by atoms with Gasteiger partial charge in [-0.15, -0.1) is 0 Å². The summed E-state index contributed by atoms with van der Waals surface area (Å²) in [6.07, 6.45) is 15.8. The van der Waals surface area contributed by atoms with Gasteiger partial charge in [-0.1, -0.05) is 18.2 Å². The van der Waals surface area contributed by atoms with E-state index in [0.717, 1.165) is 53.5 Å². The molecule has 34 heavy (non-hydrogen) atoms. The average molecular weight is 457 g/mol. The molecule has 8 nitrogen and oxygen atoms in total. The van der Waals surface area contributed by atoms with Crippen LogP contribution in [0.25, 0.3) is 33.6 Å². The molecule has 1 N–H and O–H groups in total. The highest BCUT2D eigenvalue weighted by atomic mass is 16.5. The van der Waals surface area contributed by atoms with E-state index in [0.29, 0.717) is 17.8 Å². The molecule has 1 aromatic carbocycles. The maximum absolute atomic E-state index is 9.53. The molecule has 0 aliphatic carbocycles. The Morgan fingerprint density at radius 2 is 1.56 bits per heavy atom. The molecule has 174 valence electrons. The number of aliphatic hydroxyl groups excluding tert-OH is 1. The van der Waals surface area contributed by atoms with Crippen molar-refractivity contribution in [2.24, 2.45) is 13.0 Å². The first kappa shape index (κ1) is 21.2. The van der Waals surface area contributed by atoms with Gasteiger partial charge in [0.1, 0.15) is 0 Å². The molecule has 2 aliphatic heterocycles. The van der Waals surface area contributed by atoms with E-state index in [1.807, 2.05) is 50.2 Å². The quantitative estimate of drug-likeness (QED) is 0.490. The maximum Gasteiger partial charge on any atom is 0.159 e. The Morgan fingerprint density at radius 3 is 2.26 bits per heavy atom. The average Bonchev–Trinajstić information content (AvgIpc) is 3.53. The summed E-state index contributed by atoms with van der Waals surface area (Å²) in [4.78, 5) is 9.28. The topological polar surface area (TPSA) is 90.9 Å². The first-order chi connectivity index (χ1) is 16.6. The first-order valence-corrected chi connectivity index (χ1v) is 11.9. The minimum absolute atomic E-state index is 0.215. The van der Waals surface area contributed by atoms with Crippen LogP contribution >= 0.6 is 0 Å². The number of aliphatic hydroxyl groups is 1. The van der Waals surface area contributed by atoms with Crippen LogP contribution in [0.15, 0.2) is 61.4 Å². The predicted octanol–water partition coefficient (Wildman–Crippen LogP) is 3.90. The molecule has 2 saturated heterocycles. The van der Waals surface area contributed by atoms with Gasteiger partial charge in [0.15, 0.2) is 5.82 Å². The fourth-order valence-corrected chi connectivity index (χ4v) is 5.32. The normalized spacial score (nSPS) is 24.3. The number of rotatable bonds is 5. The van der Waals surface area contributed by atoms with E-state index < -0.39 is 0 Å². The first-order valence-electron chi connectivity index (χ1n) is 11.9. The zero-order valence-electron chi connectivity index (χ0n) is 19.2. The molecule has 2 unspecified atom stereocenters. The lowest BCUT2D eigenvalue weighted by molar-refractivity contribution is -0.123. The van der Waals surface area contributed by atoms with Crippen LogP contribution in [-0.2, 0) is 11.8 Å². The number of aryl methyl sites for hydroxylation is 1. The van der Waals surface area contributed by atoms with Gasteiger partial charge in [0.25, 0.3) is 0 Å². The molecule has 2 aliphatic rings. The smallest absolute Gasteiger partial charge is 0.159 e. The van der Waals surface area contributed by atoms with Crippen molar-refractivity contribution in [3.63, 3.8) is 0 Å². The van der Waals surface area contributed by atoms with Crippen LogP contribution in [0.3, 0.4) is 0 Å². The van der Waals surface area contributed by atoms with Gasteiger partial charge in [-0.3, -0.25) is 9.36 Å². The third-order valence-corrected chi connectivity index (χ3v) is 7.03. The van der Waals surface area contributed by atoms with Crippen LogP contribution in [0.5, 0.6) is 0 Å². The lowest BCUT2D eigenvalue weighted by atomic mass is 9.82. The highest BCUT2D eigenvalue weighted by Gasteiger charge is 2.37. The van der Waals surface area contributed by atoms with Crippen molar-refractivity contribution in [2.75, 3.05) is 6.61 Å². The Labute approximate surface area is 198 Å². The van der Waals surface area contributed by atoms with E-state index in [9.17, 15) is 5.11 Å². The van der Waals surface area contributed by atoms with Crippen molar-refractivity contribution in [3.05, 3.63) is 61.4 Å². The fraction of sp³-hybridized carbons (Fsp3) is 0.385. The second-order valence-electron chi connectivity index (χ2n) is 9.51. The SMILES string of the molecule is Cn1cc(-c2cccc(-c3ncc(-c4cnn(C5CC6CC(CO)CC(C5)O6)c4)cn3)c2)cn1. The van der Waals surface area contributed by atoms with Gasteiger partial charge >= 0.3 is 0 Å². The minimum atomic E-state index is 0.215. The zero-order valence-corrected chi connectivity index (χ0v) is 19.2. The monoisotopic (exact) mass is 456 g/mol. The van der Waals surface area contributed by atoms with Crippen molar-refractivity contribution in [2.45, 2.75) is 43.9 Å². The molecule has 5 heterocycles. The Bertz CT molecular complexity index is 1270. The largest absolute Gasteiger partial charge is 0.396 e. The number of hydrogen-bond acceptors (Lipinski definition) is 6. The van der Waals surface area contributed by atoms with E-state index in [-0.39, 0.29) is 18.8 Å². The second kappa shape index (κ2) is 8.77. The molecule has 8 heteroatoms. The number of nitrogens with zero attached hydrogens (tertiary/aromatic N) is 6. The summed E-state index contributed by atoms with van der Waals surface area (Å²) < 4.78 is 9.98. The number of fused-ring (bicyclic) bond motifs is 2. The lowest BCUT2D eigenvalue weighted by Gasteiger charge is -2.42. The fourth-order valence-electron chi connectivity index (χ4n) is 5.32. The highest BCUT2D eigenvalue weighted by molar-refractivity contribution is 5.70. The van der Waals surface area contributed by atoms with E-state index in [1.54, 1.807) is 4.68 Å². The Balaban J connectivity index is 1.18. The summed E-state index contributed by atoms with van der Waals surface area (Å²) in [6.45, 7) is 0.261. The molecule has 0 amide bonds. The molecular weight excluding hydrogens is 428 g/mol. The molecule has 3 aromatic heterocycles. The number of aromatic nitrogens is 6. The maximum atomic E-state index is 9.53. The third-order valence-electron chi connectivity index (χ3n) is 7.03. The van der Waals surface area contributed by atoms with Gasteiger partial charge in [0.05, 0.1) is 30.6 Å². The number of hydrogen-bond donors (Lipinski definition) is 1. The molecule has 0 spiro atoms. The molecule has 2 atom stereocenters. The third kappa shape index (κ3) is 4.15. The van der Waals surface area contributed by atoms with Crippen LogP contribution < -0.4 is 0 Å². The second-order valence-corrected chi connectivity index (χ2v) is 9.51. The van der Waals surface area contributed by atoms with Crippen LogP contribution in [0.2, 0.25) is 0 Å². The standard InChI is InChI=1S/C26H28N6O2/c1-31-14-21(12-29-31)18-3-2-4-19(7-18)26-27-10-20(11-28-26)22-13-30-32(15-22)23-8-24-5-17(16-33)6-25(9-23)34-24/h2-4,7,10-15,17,23-25,33H,5-6,8-9,16H2,1H3. The van der Waals surface area contributed by atoms with Crippen molar-refractivity contribution in [1.82, 2.24) is 29.5 Å². The van der Waals surface area contributed by atoms with E-state index in [1.165, 1.54) is 0 Å². The zero-order chi connectivity index (χ0) is 23.1. The Hall–Kier alpha value is -3.36. The van der Waals surface area contributed by atoms with E-state index in [4.69, 9.17) is 4.74 Å². The van der Waals surface area contributed by atoms with Gasteiger partial charge in [0, 0.05) is 60.7 Å². The van der Waals surface area contributed by atoms with Gasteiger partial charge < -0.3 is 9.84 Å². The van der Waals surface area contributed by atoms with Crippen molar-refractivity contribution in [3.8, 4) is 33.6 Å². The van der Waals surface area contributed by atoms with Gasteiger partial charge in [-0.2, -0.15) is 10.2 Å². The number of ether oxygens (including phenoxy) is 1. The van der Waals surface area contributed by atoms with Gasteiger partial charge in [-0.25, -0.2) is 9.97 Å². The van der Waals surface area contributed by atoms with Gasteiger partial charge in [0.2, 0.25) is 0 Å². The molecule has 6 rings (SSSR count). The lowest BCUT2D eigenvalue weighted by Crippen LogP contribution is -2.41. The summed E-state index contributed by atoms with van der Waals surface area (Å²) >= 11 is 0. The summed E-state index contributed by atoms with van der Waals surface area (Å²) in [7, 11) is 1.91. The molecule has 2 fully saturated rings. The van der Waals surface area contributed by atoms with Crippen LogP contribution in [0, 0.1) is 5.92 Å². The van der Waals surface area contributed by atoms with E-state index >= 15 is 0 Å². The van der Waals surface area contributed by atoms with E-state index in [2.05, 4.69) is 43.2 Å².